The number of hydrogen-bond acceptors (Lipinski definition) is 4. The first-order valence-electron chi connectivity index (χ1n) is 24.2. The molecule has 0 atom stereocenters. The molecule has 5 nitrogen and oxygen atoms in total. The van der Waals surface area contributed by atoms with Crippen molar-refractivity contribution in [3.63, 3.8) is 0 Å². The van der Waals surface area contributed by atoms with Crippen LogP contribution in [-0.2, 0) is 0 Å². The van der Waals surface area contributed by atoms with Crippen LogP contribution in [0.5, 0.6) is 0 Å². The SMILES string of the molecule is [2H]c1c([2H])c([2H])c2c(c1[2H])c1c([2H])c([2H])c([2H])c([2H])c1n2-c1cc(-c2ccc3oc4c(-c5ccccc5)cccc4c3c2)ccc1-c1nc(-c2ccccc2)nc(-c2ccc(-c3ccccc3)cc2)n1. The first kappa shape index (κ1) is 28.1. The van der Waals surface area contributed by atoms with Gasteiger partial charge in [0.1, 0.15) is 11.2 Å². The monoisotopic (exact) mass is 800 g/mol. The summed E-state index contributed by atoms with van der Waals surface area (Å²) in [7, 11) is 0. The van der Waals surface area contributed by atoms with E-state index >= 15 is 0 Å². The summed E-state index contributed by atoms with van der Waals surface area (Å²) in [5.74, 6) is 0.969. The highest BCUT2D eigenvalue weighted by molar-refractivity contribution is 6.11. The molecule has 9 aromatic carbocycles. The van der Waals surface area contributed by atoms with Crippen molar-refractivity contribution in [2.45, 2.75) is 0 Å². The molecule has 0 radical (unpaired) electrons. The van der Waals surface area contributed by atoms with E-state index in [2.05, 4.69) is 0 Å². The number of para-hydroxylation sites is 3. The molecule has 62 heavy (non-hydrogen) atoms. The predicted molar refractivity (Wildman–Crippen MR) is 254 cm³/mol. The fourth-order valence-corrected chi connectivity index (χ4v) is 8.35. The lowest BCUT2D eigenvalue weighted by molar-refractivity contribution is 0.670. The summed E-state index contributed by atoms with van der Waals surface area (Å²) < 4.78 is 80.4. The number of rotatable bonds is 7. The maximum Gasteiger partial charge on any atom is 0.166 e. The van der Waals surface area contributed by atoms with Gasteiger partial charge in [-0.05, 0) is 64.2 Å². The lowest BCUT2D eigenvalue weighted by atomic mass is 9.98. The largest absolute Gasteiger partial charge is 0.455 e. The Bertz CT molecular complexity index is 4010. The average molecular weight is 801 g/mol. The predicted octanol–water partition coefficient (Wildman–Crippen LogP) is 14.9. The maximum atomic E-state index is 9.41. The number of aromatic nitrogens is 4. The van der Waals surface area contributed by atoms with E-state index in [-0.39, 0.29) is 27.6 Å². The Hall–Kier alpha value is -8.41. The smallest absolute Gasteiger partial charge is 0.166 e. The summed E-state index contributed by atoms with van der Waals surface area (Å²) in [6.07, 6.45) is 0. The molecule has 290 valence electrons. The summed E-state index contributed by atoms with van der Waals surface area (Å²) in [5, 5.41) is 1.73. The van der Waals surface area contributed by atoms with Crippen LogP contribution in [0.25, 0.3) is 117 Å². The Balaban J connectivity index is 1.15. The molecule has 3 heterocycles. The van der Waals surface area contributed by atoms with Crippen LogP contribution in [0.1, 0.15) is 11.0 Å². The molecule has 12 aromatic rings. The van der Waals surface area contributed by atoms with Gasteiger partial charge in [0, 0.05) is 43.8 Å². The molecule has 0 unspecified atom stereocenters. The first-order chi connectivity index (χ1) is 34.0. The number of nitrogens with zero attached hydrogens (tertiary/aromatic N) is 4. The van der Waals surface area contributed by atoms with Crippen molar-refractivity contribution in [1.29, 1.82) is 0 Å². The second kappa shape index (κ2) is 14.7. The zero-order valence-corrected chi connectivity index (χ0v) is 32.9. The Kier molecular flexibility index (Phi) is 6.67. The van der Waals surface area contributed by atoms with Crippen LogP contribution in [0.2, 0.25) is 0 Å². The first-order valence-corrected chi connectivity index (χ1v) is 20.2. The second-order valence-electron chi connectivity index (χ2n) is 15.0. The zero-order chi connectivity index (χ0) is 47.9. The number of furan rings is 1. The summed E-state index contributed by atoms with van der Waals surface area (Å²) >= 11 is 0. The second-order valence-corrected chi connectivity index (χ2v) is 15.0. The van der Waals surface area contributed by atoms with Crippen LogP contribution in [-0.4, -0.2) is 19.5 Å². The Morgan fingerprint density at radius 1 is 0.371 bits per heavy atom. The van der Waals surface area contributed by atoms with Crippen molar-refractivity contribution in [2.24, 2.45) is 0 Å². The molecular formula is C57H36N4O. The van der Waals surface area contributed by atoms with Crippen molar-refractivity contribution >= 4 is 43.7 Å². The maximum absolute atomic E-state index is 9.41. The quantitative estimate of drug-likeness (QED) is 0.161. The Morgan fingerprint density at radius 3 is 1.56 bits per heavy atom. The van der Waals surface area contributed by atoms with E-state index in [0.717, 1.165) is 55.3 Å². The van der Waals surface area contributed by atoms with Gasteiger partial charge < -0.3 is 8.98 Å². The highest BCUT2D eigenvalue weighted by atomic mass is 16.3. The molecule has 0 fully saturated rings. The minimum Gasteiger partial charge on any atom is -0.455 e. The molecule has 12 rings (SSSR count). The molecule has 0 spiro atoms. The van der Waals surface area contributed by atoms with Crippen molar-refractivity contribution < 1.29 is 15.4 Å². The van der Waals surface area contributed by atoms with E-state index in [1.54, 1.807) is 0 Å². The van der Waals surface area contributed by atoms with Gasteiger partial charge >= 0.3 is 0 Å². The van der Waals surface area contributed by atoms with Gasteiger partial charge in [-0.25, -0.2) is 15.0 Å². The van der Waals surface area contributed by atoms with E-state index in [1.807, 2.05) is 170 Å². The van der Waals surface area contributed by atoms with Crippen molar-refractivity contribution in [1.82, 2.24) is 19.5 Å². The Labute approximate surface area is 369 Å². The molecule has 0 saturated carbocycles. The van der Waals surface area contributed by atoms with Crippen LogP contribution < -0.4 is 0 Å². The third kappa shape index (κ3) is 6.06. The molecule has 0 aliphatic rings. The Morgan fingerprint density at radius 2 is 0.887 bits per heavy atom. The summed E-state index contributed by atoms with van der Waals surface area (Å²) in [6, 6.07) is 51.4. The van der Waals surface area contributed by atoms with Crippen LogP contribution in [0, 0.1) is 0 Å². The summed E-state index contributed by atoms with van der Waals surface area (Å²) in [5.41, 5.74) is 9.09. The van der Waals surface area contributed by atoms with Gasteiger partial charge in [-0.15, -0.1) is 0 Å². The minimum atomic E-state index is -0.526. The van der Waals surface area contributed by atoms with Crippen molar-refractivity contribution in [3.8, 4) is 73.2 Å². The van der Waals surface area contributed by atoms with Gasteiger partial charge in [0.15, 0.2) is 17.5 Å². The van der Waals surface area contributed by atoms with Crippen molar-refractivity contribution in [3.05, 3.63) is 218 Å². The van der Waals surface area contributed by atoms with Gasteiger partial charge in [0.25, 0.3) is 0 Å². The molecule has 0 aliphatic heterocycles. The van der Waals surface area contributed by atoms with Crippen LogP contribution in [0.4, 0.5) is 0 Å². The van der Waals surface area contributed by atoms with Crippen LogP contribution in [0.15, 0.2) is 223 Å². The number of benzene rings is 9. The van der Waals surface area contributed by atoms with E-state index in [1.165, 1.54) is 4.57 Å². The van der Waals surface area contributed by atoms with E-state index < -0.39 is 48.3 Å². The molecule has 0 aliphatic carbocycles. The number of fused-ring (bicyclic) bond motifs is 6. The molecule has 0 amide bonds. The lowest BCUT2D eigenvalue weighted by Crippen LogP contribution is -2.04. The fraction of sp³-hybridized carbons (Fsp3) is 0. The third-order valence-electron chi connectivity index (χ3n) is 11.3. The molecule has 3 aromatic heterocycles. The highest BCUT2D eigenvalue weighted by Gasteiger charge is 2.21. The van der Waals surface area contributed by atoms with Gasteiger partial charge in [0.2, 0.25) is 0 Å². The number of hydrogen-bond donors (Lipinski definition) is 0. The zero-order valence-electron chi connectivity index (χ0n) is 40.9. The highest BCUT2D eigenvalue weighted by Crippen LogP contribution is 2.41. The molecular weight excluding hydrogens is 757 g/mol. The third-order valence-corrected chi connectivity index (χ3v) is 11.3. The minimum absolute atomic E-state index is 0.0230. The van der Waals surface area contributed by atoms with Gasteiger partial charge in [-0.1, -0.05) is 182 Å². The lowest BCUT2D eigenvalue weighted by Gasteiger charge is -2.16. The molecule has 5 heteroatoms. The topological polar surface area (TPSA) is 56.7 Å². The van der Waals surface area contributed by atoms with Gasteiger partial charge in [0.05, 0.1) is 27.7 Å². The molecule has 0 bridgehead atoms. The average Bonchev–Trinajstić information content (AvgIpc) is 3.98. The summed E-state index contributed by atoms with van der Waals surface area (Å²) in [4.78, 5) is 15.2. The van der Waals surface area contributed by atoms with E-state index in [4.69, 9.17) is 24.9 Å². The van der Waals surface area contributed by atoms with Crippen LogP contribution >= 0.6 is 0 Å². The summed E-state index contributed by atoms with van der Waals surface area (Å²) in [6.45, 7) is 0. The fourth-order valence-electron chi connectivity index (χ4n) is 8.35. The van der Waals surface area contributed by atoms with Crippen LogP contribution in [0.3, 0.4) is 0 Å². The molecule has 0 N–H and O–H groups in total. The van der Waals surface area contributed by atoms with Gasteiger partial charge in [-0.3, -0.25) is 0 Å². The van der Waals surface area contributed by atoms with Gasteiger partial charge in [-0.2, -0.15) is 0 Å². The molecule has 0 saturated heterocycles. The normalized spacial score (nSPS) is 13.4. The van der Waals surface area contributed by atoms with E-state index in [0.29, 0.717) is 34.0 Å². The standard InChI is InChI=1S/C57H36N4O/c1-4-15-37(16-5-1)38-27-29-41(30-28-38)56-58-55(40-19-8-3-9-20-40)59-57(60-56)48-33-31-43(36-52(48)61-50-25-12-10-21-45(50)46-22-11-13-26-51(46)61)42-32-34-53-49(35-42)47-24-14-23-44(54(47)62-53)39-17-6-2-7-18-39/h1-36H/i10D,11D,12D,13D,21D,22D,25D,26D. The van der Waals surface area contributed by atoms with E-state index in [9.17, 15) is 5.48 Å². The van der Waals surface area contributed by atoms with Crippen molar-refractivity contribution in [2.75, 3.05) is 0 Å².